The van der Waals surface area contributed by atoms with E-state index in [-0.39, 0.29) is 12.5 Å². The molecule has 0 aliphatic carbocycles. The molecule has 0 aliphatic rings. The van der Waals surface area contributed by atoms with Gasteiger partial charge in [-0.05, 0) is 37.5 Å². The van der Waals surface area contributed by atoms with Gasteiger partial charge < -0.3 is 9.64 Å². The van der Waals surface area contributed by atoms with E-state index >= 15 is 0 Å². The molecule has 6 nitrogen and oxygen atoms in total. The molecule has 3 aromatic rings. The van der Waals surface area contributed by atoms with Crippen molar-refractivity contribution in [3.8, 4) is 5.88 Å². The molecule has 2 aromatic heterocycles. The highest BCUT2D eigenvalue weighted by Crippen LogP contribution is 2.27. The first-order valence-corrected chi connectivity index (χ1v) is 9.25. The van der Waals surface area contributed by atoms with Crippen LogP contribution in [0.4, 0.5) is 0 Å². The Hall–Kier alpha value is -2.89. The van der Waals surface area contributed by atoms with E-state index in [9.17, 15) is 4.79 Å². The minimum absolute atomic E-state index is 0.0355. The molecule has 0 spiro atoms. The molecule has 0 fully saturated rings. The molecule has 1 amide bonds. The van der Waals surface area contributed by atoms with Crippen molar-refractivity contribution in [3.05, 3.63) is 53.2 Å². The number of ether oxygens (including phenoxy) is 1. The number of pyridine rings is 1. The standard InChI is InChI=1S/C21H26N4O2/c1-5-11-25(13-17-9-7-6-8-10-17)18(26)14-27-21-19-15(2)12-16(3)22-20(19)24(4)23-21/h6-10,12H,5,11,13-14H2,1-4H3. The van der Waals surface area contributed by atoms with Gasteiger partial charge in [0.05, 0.1) is 5.39 Å². The van der Waals surface area contributed by atoms with Gasteiger partial charge in [-0.3, -0.25) is 4.79 Å². The van der Waals surface area contributed by atoms with Crippen LogP contribution in [0.3, 0.4) is 0 Å². The number of hydrogen-bond donors (Lipinski definition) is 0. The molecule has 2 heterocycles. The van der Waals surface area contributed by atoms with E-state index in [0.29, 0.717) is 19.0 Å². The molecule has 0 aliphatic heterocycles. The molecule has 0 bridgehead atoms. The molecule has 0 saturated heterocycles. The monoisotopic (exact) mass is 366 g/mol. The second kappa shape index (κ2) is 8.20. The lowest BCUT2D eigenvalue weighted by Gasteiger charge is -2.22. The number of fused-ring (bicyclic) bond motifs is 1. The predicted molar refractivity (Wildman–Crippen MR) is 106 cm³/mol. The average Bonchev–Trinajstić information content (AvgIpc) is 2.96. The fourth-order valence-corrected chi connectivity index (χ4v) is 3.24. The predicted octanol–water partition coefficient (Wildman–Crippen LogP) is 3.40. The Bertz CT molecular complexity index is 934. The average molecular weight is 366 g/mol. The van der Waals surface area contributed by atoms with Gasteiger partial charge in [0, 0.05) is 25.8 Å². The third-order valence-corrected chi connectivity index (χ3v) is 4.48. The molecule has 0 N–H and O–H groups in total. The summed E-state index contributed by atoms with van der Waals surface area (Å²) in [7, 11) is 1.84. The van der Waals surface area contributed by atoms with E-state index in [1.165, 1.54) is 0 Å². The third kappa shape index (κ3) is 4.27. The molecule has 142 valence electrons. The maximum atomic E-state index is 12.7. The summed E-state index contributed by atoms with van der Waals surface area (Å²) >= 11 is 0. The molecule has 6 heteroatoms. The SMILES string of the molecule is CCCN(Cc1ccccc1)C(=O)COc1nn(C)c2nc(C)cc(C)c12. The van der Waals surface area contributed by atoms with Gasteiger partial charge in [-0.15, -0.1) is 5.10 Å². The quantitative estimate of drug-likeness (QED) is 0.643. The van der Waals surface area contributed by atoms with E-state index in [4.69, 9.17) is 4.74 Å². The first kappa shape index (κ1) is 18.9. The molecule has 3 rings (SSSR count). The Labute approximate surface area is 159 Å². The van der Waals surface area contributed by atoms with Crippen LogP contribution in [0.5, 0.6) is 5.88 Å². The summed E-state index contributed by atoms with van der Waals surface area (Å²) < 4.78 is 7.52. The lowest BCUT2D eigenvalue weighted by Crippen LogP contribution is -2.35. The zero-order valence-electron chi connectivity index (χ0n) is 16.4. The number of carbonyl (C=O) groups is 1. The van der Waals surface area contributed by atoms with Gasteiger partial charge in [0.1, 0.15) is 0 Å². The second-order valence-corrected chi connectivity index (χ2v) is 6.80. The zero-order valence-corrected chi connectivity index (χ0v) is 16.4. The maximum absolute atomic E-state index is 12.7. The summed E-state index contributed by atoms with van der Waals surface area (Å²) in [6.07, 6.45) is 0.896. The minimum atomic E-state index is -0.0442. The van der Waals surface area contributed by atoms with Crippen LogP contribution >= 0.6 is 0 Å². The molecule has 0 radical (unpaired) electrons. The molecule has 0 unspecified atom stereocenters. The van der Waals surface area contributed by atoms with Gasteiger partial charge in [-0.25, -0.2) is 9.67 Å². The number of amides is 1. The largest absolute Gasteiger partial charge is 0.466 e. The number of aromatic nitrogens is 3. The fraction of sp³-hybridized carbons (Fsp3) is 0.381. The smallest absolute Gasteiger partial charge is 0.260 e. The highest BCUT2D eigenvalue weighted by molar-refractivity contribution is 5.85. The van der Waals surface area contributed by atoms with Crippen molar-refractivity contribution in [2.24, 2.45) is 7.05 Å². The number of rotatable bonds is 7. The van der Waals surface area contributed by atoms with Gasteiger partial charge in [0.15, 0.2) is 12.3 Å². The zero-order chi connectivity index (χ0) is 19.4. The van der Waals surface area contributed by atoms with Crippen molar-refractivity contribution >= 4 is 16.9 Å². The lowest BCUT2D eigenvalue weighted by molar-refractivity contribution is -0.134. The molecular weight excluding hydrogens is 340 g/mol. The topological polar surface area (TPSA) is 60.3 Å². The second-order valence-electron chi connectivity index (χ2n) is 6.80. The van der Waals surface area contributed by atoms with Gasteiger partial charge in [0.25, 0.3) is 5.91 Å². The Morgan fingerprint density at radius 2 is 1.96 bits per heavy atom. The van der Waals surface area contributed by atoms with Crippen LogP contribution in [-0.4, -0.2) is 38.7 Å². The van der Waals surface area contributed by atoms with Crippen LogP contribution in [-0.2, 0) is 18.4 Å². The van der Waals surface area contributed by atoms with Crippen LogP contribution in [0.2, 0.25) is 0 Å². The first-order chi connectivity index (χ1) is 13.0. The van der Waals surface area contributed by atoms with Crippen LogP contribution < -0.4 is 4.74 Å². The normalized spacial score (nSPS) is 11.0. The number of nitrogens with zero attached hydrogens (tertiary/aromatic N) is 4. The van der Waals surface area contributed by atoms with E-state index < -0.39 is 0 Å². The van der Waals surface area contributed by atoms with Crippen molar-refractivity contribution in [2.75, 3.05) is 13.2 Å². The van der Waals surface area contributed by atoms with Crippen molar-refractivity contribution in [3.63, 3.8) is 0 Å². The van der Waals surface area contributed by atoms with E-state index in [2.05, 4.69) is 17.0 Å². The van der Waals surface area contributed by atoms with Crippen LogP contribution in [0.15, 0.2) is 36.4 Å². The number of benzene rings is 1. The summed E-state index contributed by atoms with van der Waals surface area (Å²) in [5.41, 5.74) is 3.85. The van der Waals surface area contributed by atoms with Crippen molar-refractivity contribution in [1.82, 2.24) is 19.7 Å². The first-order valence-electron chi connectivity index (χ1n) is 9.25. The summed E-state index contributed by atoms with van der Waals surface area (Å²) in [5, 5.41) is 5.28. The van der Waals surface area contributed by atoms with Crippen LogP contribution in [0.1, 0.15) is 30.2 Å². The van der Waals surface area contributed by atoms with Crippen molar-refractivity contribution < 1.29 is 9.53 Å². The molecular formula is C21H26N4O2. The summed E-state index contributed by atoms with van der Waals surface area (Å²) in [6.45, 7) is 7.27. The number of carbonyl (C=O) groups excluding carboxylic acids is 1. The lowest BCUT2D eigenvalue weighted by atomic mass is 10.2. The molecule has 1 aromatic carbocycles. The van der Waals surface area contributed by atoms with Crippen molar-refractivity contribution in [2.45, 2.75) is 33.7 Å². The Kier molecular flexibility index (Phi) is 5.74. The van der Waals surface area contributed by atoms with Gasteiger partial charge in [-0.2, -0.15) is 0 Å². The molecule has 0 atom stereocenters. The molecule has 27 heavy (non-hydrogen) atoms. The molecule has 0 saturated carbocycles. The fourth-order valence-electron chi connectivity index (χ4n) is 3.24. The van der Waals surface area contributed by atoms with Gasteiger partial charge in [0.2, 0.25) is 5.88 Å². The van der Waals surface area contributed by atoms with Crippen molar-refractivity contribution in [1.29, 1.82) is 0 Å². The highest BCUT2D eigenvalue weighted by atomic mass is 16.5. The van der Waals surface area contributed by atoms with Crippen LogP contribution in [0.25, 0.3) is 11.0 Å². The summed E-state index contributed by atoms with van der Waals surface area (Å²) in [5.74, 6) is 0.416. The highest BCUT2D eigenvalue weighted by Gasteiger charge is 2.18. The van der Waals surface area contributed by atoms with Gasteiger partial charge in [-0.1, -0.05) is 37.3 Å². The van der Waals surface area contributed by atoms with E-state index in [0.717, 1.165) is 34.3 Å². The number of hydrogen-bond acceptors (Lipinski definition) is 4. The maximum Gasteiger partial charge on any atom is 0.260 e. The number of aryl methyl sites for hydroxylation is 3. The van der Waals surface area contributed by atoms with E-state index in [1.54, 1.807) is 4.68 Å². The Balaban J connectivity index is 1.75. The minimum Gasteiger partial charge on any atom is -0.466 e. The Morgan fingerprint density at radius 1 is 1.22 bits per heavy atom. The summed E-state index contributed by atoms with van der Waals surface area (Å²) in [6, 6.07) is 12.0. The third-order valence-electron chi connectivity index (χ3n) is 4.48. The van der Waals surface area contributed by atoms with Gasteiger partial charge >= 0.3 is 0 Å². The van der Waals surface area contributed by atoms with Crippen LogP contribution in [0, 0.1) is 13.8 Å². The summed E-state index contributed by atoms with van der Waals surface area (Å²) in [4.78, 5) is 19.1. The Morgan fingerprint density at radius 3 is 2.67 bits per heavy atom. The van der Waals surface area contributed by atoms with E-state index in [1.807, 2.05) is 62.2 Å².